The Morgan fingerprint density at radius 1 is 1.00 bits per heavy atom. The maximum absolute atomic E-state index is 8.52. The summed E-state index contributed by atoms with van der Waals surface area (Å²) in [6.07, 6.45) is 14.4. The van der Waals surface area contributed by atoms with Gasteiger partial charge in [-0.3, -0.25) is 0 Å². The first-order chi connectivity index (χ1) is 15.4. The zero-order valence-electron chi connectivity index (χ0n) is 24.4. The molecule has 0 saturated heterocycles. The van der Waals surface area contributed by atoms with Gasteiger partial charge >= 0.3 is 0 Å². The van der Waals surface area contributed by atoms with Gasteiger partial charge in [0.1, 0.15) is 5.76 Å². The maximum atomic E-state index is 8.52. The van der Waals surface area contributed by atoms with Crippen molar-refractivity contribution in [3.63, 3.8) is 0 Å². The Hall–Kier alpha value is -1.22. The SMILES string of the molecule is CC.CC(C)(C)O.CCCCC(C)NC1=C(CCC(CC)CC)C(OC(C)C)=CCC=C1C. The van der Waals surface area contributed by atoms with Crippen LogP contribution in [0.1, 0.15) is 134 Å². The molecule has 0 aromatic carbocycles. The highest BCUT2D eigenvalue weighted by molar-refractivity contribution is 5.44. The number of ether oxygens (including phenoxy) is 1. The molecule has 0 bridgehead atoms. The minimum absolute atomic E-state index is 0.210. The van der Waals surface area contributed by atoms with Crippen molar-refractivity contribution < 1.29 is 9.84 Å². The van der Waals surface area contributed by atoms with Gasteiger partial charge in [0.15, 0.2) is 0 Å². The third kappa shape index (κ3) is 17.9. The summed E-state index contributed by atoms with van der Waals surface area (Å²) in [5.41, 5.74) is 3.58. The van der Waals surface area contributed by atoms with E-state index in [4.69, 9.17) is 9.84 Å². The lowest BCUT2D eigenvalue weighted by molar-refractivity contribution is 0.102. The molecule has 2 N–H and O–H groups in total. The van der Waals surface area contributed by atoms with E-state index in [0.29, 0.717) is 6.04 Å². The van der Waals surface area contributed by atoms with Crippen molar-refractivity contribution in [3.05, 3.63) is 34.8 Å². The van der Waals surface area contributed by atoms with Gasteiger partial charge < -0.3 is 15.2 Å². The van der Waals surface area contributed by atoms with Gasteiger partial charge in [0.2, 0.25) is 0 Å². The van der Waals surface area contributed by atoms with Crippen LogP contribution in [0.2, 0.25) is 0 Å². The Bertz CT molecular complexity index is 569. The van der Waals surface area contributed by atoms with Crippen molar-refractivity contribution in [2.24, 2.45) is 5.92 Å². The molecule has 0 spiro atoms. The van der Waals surface area contributed by atoms with Crippen LogP contribution in [-0.2, 0) is 4.74 Å². The molecule has 1 atom stereocenters. The first kappa shape index (κ1) is 34.0. The number of rotatable bonds is 12. The smallest absolute Gasteiger partial charge is 0.121 e. The van der Waals surface area contributed by atoms with Gasteiger partial charge in [-0.1, -0.05) is 66.4 Å². The molecule has 1 unspecified atom stereocenters. The molecule has 0 radical (unpaired) electrons. The van der Waals surface area contributed by atoms with E-state index < -0.39 is 5.60 Å². The topological polar surface area (TPSA) is 41.5 Å². The predicted molar refractivity (Wildman–Crippen MR) is 148 cm³/mol. The summed E-state index contributed by atoms with van der Waals surface area (Å²) in [5.74, 6) is 1.90. The number of nitrogens with one attached hydrogen (secondary N) is 1. The van der Waals surface area contributed by atoms with Crippen molar-refractivity contribution in [1.82, 2.24) is 5.32 Å². The van der Waals surface area contributed by atoms with E-state index in [2.05, 4.69) is 65.9 Å². The summed E-state index contributed by atoms with van der Waals surface area (Å²) >= 11 is 0. The molecular weight excluding hydrogens is 406 g/mol. The summed E-state index contributed by atoms with van der Waals surface area (Å²) < 4.78 is 6.25. The fourth-order valence-corrected chi connectivity index (χ4v) is 3.63. The summed E-state index contributed by atoms with van der Waals surface area (Å²) in [7, 11) is 0. The summed E-state index contributed by atoms with van der Waals surface area (Å²) in [6, 6.07) is 0.495. The second kappa shape index (κ2) is 19.1. The lowest BCUT2D eigenvalue weighted by Gasteiger charge is -2.25. The first-order valence-corrected chi connectivity index (χ1v) is 13.7. The maximum Gasteiger partial charge on any atom is 0.121 e. The van der Waals surface area contributed by atoms with Crippen molar-refractivity contribution in [3.8, 4) is 0 Å². The van der Waals surface area contributed by atoms with Crippen LogP contribution in [-0.4, -0.2) is 22.9 Å². The molecule has 3 nitrogen and oxygen atoms in total. The van der Waals surface area contributed by atoms with Crippen LogP contribution in [0.3, 0.4) is 0 Å². The van der Waals surface area contributed by atoms with Crippen LogP contribution in [0.4, 0.5) is 0 Å². The number of allylic oxidation sites excluding steroid dienone is 4. The third-order valence-corrected chi connectivity index (χ3v) is 5.42. The normalized spacial score (nSPS) is 15.0. The van der Waals surface area contributed by atoms with Gasteiger partial charge in [0.25, 0.3) is 0 Å². The molecule has 0 saturated carbocycles. The summed E-state index contributed by atoms with van der Waals surface area (Å²) in [4.78, 5) is 0. The minimum atomic E-state index is -0.500. The van der Waals surface area contributed by atoms with Gasteiger partial charge in [0.05, 0.1) is 11.7 Å². The van der Waals surface area contributed by atoms with Crippen LogP contribution in [0, 0.1) is 5.92 Å². The minimum Gasteiger partial charge on any atom is -0.491 e. The summed E-state index contributed by atoms with van der Waals surface area (Å²) in [5, 5.41) is 12.4. The Morgan fingerprint density at radius 2 is 1.55 bits per heavy atom. The quantitative estimate of drug-likeness (QED) is 0.302. The molecule has 1 aliphatic carbocycles. The zero-order valence-corrected chi connectivity index (χ0v) is 24.4. The predicted octanol–water partition coefficient (Wildman–Crippen LogP) is 9.09. The highest BCUT2D eigenvalue weighted by atomic mass is 16.5. The number of hydrogen-bond donors (Lipinski definition) is 2. The molecule has 0 aromatic rings. The van der Waals surface area contributed by atoms with Crippen molar-refractivity contribution in [1.29, 1.82) is 0 Å². The van der Waals surface area contributed by atoms with Crippen molar-refractivity contribution >= 4 is 0 Å². The van der Waals surface area contributed by atoms with E-state index in [0.717, 1.165) is 24.5 Å². The zero-order chi connectivity index (χ0) is 26.0. The first-order valence-electron chi connectivity index (χ1n) is 13.7. The molecule has 0 aliphatic heterocycles. The van der Waals surface area contributed by atoms with E-state index in [-0.39, 0.29) is 6.10 Å². The van der Waals surface area contributed by atoms with Gasteiger partial charge in [-0.2, -0.15) is 0 Å². The highest BCUT2D eigenvalue weighted by Crippen LogP contribution is 2.31. The van der Waals surface area contributed by atoms with Crippen LogP contribution in [0.5, 0.6) is 0 Å². The van der Waals surface area contributed by atoms with Crippen LogP contribution < -0.4 is 5.32 Å². The largest absolute Gasteiger partial charge is 0.491 e. The fraction of sp³-hybridized carbons (Fsp3) is 0.800. The molecule has 0 aromatic heterocycles. The van der Waals surface area contributed by atoms with E-state index in [1.807, 2.05) is 13.8 Å². The summed E-state index contributed by atoms with van der Waals surface area (Å²) in [6.45, 7) is 24.9. The van der Waals surface area contributed by atoms with Crippen molar-refractivity contribution in [2.75, 3.05) is 0 Å². The van der Waals surface area contributed by atoms with Gasteiger partial charge in [0, 0.05) is 17.3 Å². The Labute approximate surface area is 208 Å². The lowest BCUT2D eigenvalue weighted by Crippen LogP contribution is -2.27. The lowest BCUT2D eigenvalue weighted by atomic mass is 9.92. The Kier molecular flexibility index (Phi) is 19.7. The van der Waals surface area contributed by atoms with Gasteiger partial charge in [-0.15, -0.1) is 0 Å². The molecule has 0 fully saturated rings. The van der Waals surface area contributed by atoms with E-state index >= 15 is 0 Å². The number of hydrogen-bond acceptors (Lipinski definition) is 3. The Morgan fingerprint density at radius 3 is 2.00 bits per heavy atom. The van der Waals surface area contributed by atoms with E-state index in [1.54, 1.807) is 20.8 Å². The number of unbranched alkanes of at least 4 members (excludes halogenated alkanes) is 1. The monoisotopic (exact) mass is 465 g/mol. The van der Waals surface area contributed by atoms with Crippen LogP contribution >= 0.6 is 0 Å². The molecule has 1 aliphatic rings. The average Bonchev–Trinajstić information content (AvgIpc) is 2.86. The molecule has 33 heavy (non-hydrogen) atoms. The van der Waals surface area contributed by atoms with E-state index in [9.17, 15) is 0 Å². The third-order valence-electron chi connectivity index (χ3n) is 5.42. The molecule has 3 heteroatoms. The fourth-order valence-electron chi connectivity index (χ4n) is 3.63. The molecule has 0 amide bonds. The van der Waals surface area contributed by atoms with Gasteiger partial charge in [-0.25, -0.2) is 0 Å². The Balaban J connectivity index is 0. The number of aliphatic hydroxyl groups is 1. The molecular formula is C30H59NO2. The second-order valence-electron chi connectivity index (χ2n) is 10.3. The van der Waals surface area contributed by atoms with E-state index in [1.165, 1.54) is 55.4 Å². The molecule has 0 heterocycles. The molecule has 1 rings (SSSR count). The standard InChI is InChI=1S/C24H43NO.C4H10O.C2H6/c1-8-11-14-20(7)25-24-19(6)13-12-15-23(26-18(4)5)22(24)17-16-21(9-2)10-3;1-4(2,3)5;1-2/h13,15,18,20-21,25H,8-12,14,16-17H2,1-7H3;5H,1-3H3;1-2H3. The van der Waals surface area contributed by atoms with Crippen LogP contribution in [0.25, 0.3) is 0 Å². The average molecular weight is 466 g/mol. The van der Waals surface area contributed by atoms with Gasteiger partial charge in [-0.05, 0) is 91.7 Å². The molecule has 196 valence electrons. The highest BCUT2D eigenvalue weighted by Gasteiger charge is 2.20. The van der Waals surface area contributed by atoms with Crippen molar-refractivity contribution in [2.45, 2.75) is 152 Å². The second-order valence-corrected chi connectivity index (χ2v) is 10.3. The van der Waals surface area contributed by atoms with Crippen LogP contribution in [0.15, 0.2) is 34.8 Å².